The lowest BCUT2D eigenvalue weighted by Gasteiger charge is -2.33. The summed E-state index contributed by atoms with van der Waals surface area (Å²) in [5, 5.41) is 0. The minimum Gasteiger partial charge on any atom is -0.487 e. The van der Waals surface area contributed by atoms with Gasteiger partial charge in [-0.1, -0.05) is 36.4 Å². The fraction of sp³-hybridized carbons (Fsp3) is 0.417. The third-order valence-corrected chi connectivity index (χ3v) is 5.43. The van der Waals surface area contributed by atoms with Crippen molar-refractivity contribution in [2.45, 2.75) is 51.9 Å². The smallest absolute Gasteiger partial charge is 0.410 e. The highest BCUT2D eigenvalue weighted by molar-refractivity contribution is 5.82. The Morgan fingerprint density at radius 2 is 1.77 bits per heavy atom. The summed E-state index contributed by atoms with van der Waals surface area (Å²) in [7, 11) is 0. The molecule has 2 heterocycles. The highest BCUT2D eigenvalue weighted by Gasteiger charge is 2.29. The molecule has 2 aromatic carbocycles. The third-order valence-electron chi connectivity index (χ3n) is 5.43. The zero-order chi connectivity index (χ0) is 22.0. The highest BCUT2D eigenvalue weighted by atomic mass is 16.6. The first-order valence-electron chi connectivity index (χ1n) is 10.7. The molecule has 1 fully saturated rings. The van der Waals surface area contributed by atoms with Crippen molar-refractivity contribution in [3.63, 3.8) is 0 Å². The maximum Gasteiger partial charge on any atom is 0.410 e. The van der Waals surface area contributed by atoms with Crippen molar-refractivity contribution in [1.29, 1.82) is 0 Å². The standard InChI is InChI=1S/C24H29N3O4/c1-24(2,3)31-23(29)26-14-12-18(13-15-26)27-19-10-7-11-20(21(19)25-22(27)28)30-16-17-8-5-4-6-9-17/h4-11,18H,12-16H2,1-3H3,(H,25,28). The number of nitrogens with zero attached hydrogens (tertiary/aromatic N) is 2. The first kappa shape index (κ1) is 21.0. The van der Waals surface area contributed by atoms with Crippen LogP contribution in [-0.4, -0.2) is 39.2 Å². The molecule has 0 bridgehead atoms. The van der Waals surface area contributed by atoms with Crippen LogP contribution in [-0.2, 0) is 11.3 Å². The third kappa shape index (κ3) is 4.76. The molecule has 7 nitrogen and oxygen atoms in total. The van der Waals surface area contributed by atoms with Gasteiger partial charge in [0.25, 0.3) is 0 Å². The van der Waals surface area contributed by atoms with E-state index in [9.17, 15) is 9.59 Å². The number of hydrogen-bond donors (Lipinski definition) is 1. The lowest BCUT2D eigenvalue weighted by atomic mass is 10.0. The summed E-state index contributed by atoms with van der Waals surface area (Å²) < 4.78 is 13.3. The molecule has 0 spiro atoms. The lowest BCUT2D eigenvalue weighted by molar-refractivity contribution is 0.0189. The van der Waals surface area contributed by atoms with Crippen molar-refractivity contribution in [2.24, 2.45) is 0 Å². The lowest BCUT2D eigenvalue weighted by Crippen LogP contribution is -2.43. The average Bonchev–Trinajstić information content (AvgIpc) is 3.08. The van der Waals surface area contributed by atoms with Gasteiger partial charge in [0, 0.05) is 19.1 Å². The van der Waals surface area contributed by atoms with Gasteiger partial charge >= 0.3 is 11.8 Å². The molecule has 3 aromatic rings. The van der Waals surface area contributed by atoms with Gasteiger partial charge in [-0.15, -0.1) is 0 Å². The fourth-order valence-electron chi connectivity index (χ4n) is 3.97. The topological polar surface area (TPSA) is 76.6 Å². The number of imidazole rings is 1. The molecule has 0 aliphatic carbocycles. The number of para-hydroxylation sites is 1. The highest BCUT2D eigenvalue weighted by Crippen LogP contribution is 2.29. The van der Waals surface area contributed by atoms with E-state index in [4.69, 9.17) is 9.47 Å². The van der Waals surface area contributed by atoms with Crippen LogP contribution in [0.15, 0.2) is 53.3 Å². The zero-order valence-corrected chi connectivity index (χ0v) is 18.3. The van der Waals surface area contributed by atoms with Crippen molar-refractivity contribution in [3.8, 4) is 5.75 Å². The molecule has 31 heavy (non-hydrogen) atoms. The van der Waals surface area contributed by atoms with E-state index in [1.807, 2.05) is 69.3 Å². The van der Waals surface area contributed by atoms with Crippen molar-refractivity contribution in [1.82, 2.24) is 14.5 Å². The van der Waals surface area contributed by atoms with Crippen LogP contribution < -0.4 is 10.4 Å². The molecular weight excluding hydrogens is 394 g/mol. The number of nitrogens with one attached hydrogen (secondary N) is 1. The number of fused-ring (bicyclic) bond motifs is 1. The van der Waals surface area contributed by atoms with Gasteiger partial charge in [-0.05, 0) is 51.3 Å². The number of aromatic amines is 1. The number of benzene rings is 2. The summed E-state index contributed by atoms with van der Waals surface area (Å²) >= 11 is 0. The minimum absolute atomic E-state index is 0.0179. The van der Waals surface area contributed by atoms with Crippen LogP contribution >= 0.6 is 0 Å². The number of ether oxygens (including phenoxy) is 2. The minimum atomic E-state index is -0.516. The van der Waals surface area contributed by atoms with Gasteiger partial charge < -0.3 is 19.4 Å². The van der Waals surface area contributed by atoms with E-state index in [-0.39, 0.29) is 17.8 Å². The number of likely N-dealkylation sites (tertiary alicyclic amines) is 1. The number of carbonyl (C=O) groups is 1. The SMILES string of the molecule is CC(C)(C)OC(=O)N1CCC(n2c(=O)[nH]c3c(OCc4ccccc4)cccc32)CC1. The number of H-pyrrole nitrogens is 1. The molecule has 4 rings (SSSR count). The summed E-state index contributed by atoms with van der Waals surface area (Å²) in [6, 6.07) is 15.7. The van der Waals surface area contributed by atoms with Crippen molar-refractivity contribution in [3.05, 3.63) is 64.6 Å². The Bertz CT molecular complexity index is 1100. The van der Waals surface area contributed by atoms with Crippen molar-refractivity contribution < 1.29 is 14.3 Å². The largest absolute Gasteiger partial charge is 0.487 e. The van der Waals surface area contributed by atoms with Crippen LogP contribution in [0.25, 0.3) is 11.0 Å². The summed E-state index contributed by atoms with van der Waals surface area (Å²) in [4.78, 5) is 29.8. The van der Waals surface area contributed by atoms with Gasteiger partial charge in [0.1, 0.15) is 23.5 Å². The Hall–Kier alpha value is -3.22. The second-order valence-corrected chi connectivity index (χ2v) is 8.92. The molecule has 0 saturated carbocycles. The molecule has 1 saturated heterocycles. The average molecular weight is 424 g/mol. The maximum absolute atomic E-state index is 12.8. The van der Waals surface area contributed by atoms with Crippen LogP contribution in [0.5, 0.6) is 5.75 Å². The summed E-state index contributed by atoms with van der Waals surface area (Å²) in [6.07, 6.45) is 1.09. The number of carbonyl (C=O) groups excluding carboxylic acids is 1. The van der Waals surface area contributed by atoms with E-state index in [1.165, 1.54) is 0 Å². The molecule has 7 heteroatoms. The maximum atomic E-state index is 12.8. The molecule has 1 aliphatic heterocycles. The van der Waals surface area contributed by atoms with Gasteiger partial charge in [-0.25, -0.2) is 9.59 Å². The molecule has 0 atom stereocenters. The Labute approximate surface area is 181 Å². The van der Waals surface area contributed by atoms with E-state index < -0.39 is 5.60 Å². The summed E-state index contributed by atoms with van der Waals surface area (Å²) in [6.45, 7) is 7.13. The van der Waals surface area contributed by atoms with E-state index in [2.05, 4.69) is 4.98 Å². The Balaban J connectivity index is 1.50. The normalized spacial score (nSPS) is 15.3. The van der Waals surface area contributed by atoms with Gasteiger partial charge in [-0.3, -0.25) is 4.57 Å². The number of amides is 1. The van der Waals surface area contributed by atoms with E-state index in [1.54, 1.807) is 9.47 Å². The van der Waals surface area contributed by atoms with E-state index >= 15 is 0 Å². The van der Waals surface area contributed by atoms with Gasteiger partial charge in [0.15, 0.2) is 0 Å². The monoisotopic (exact) mass is 423 g/mol. The fourth-order valence-corrected chi connectivity index (χ4v) is 3.97. The Kier molecular flexibility index (Phi) is 5.76. The van der Waals surface area contributed by atoms with Crippen LogP contribution in [0.3, 0.4) is 0 Å². The van der Waals surface area contributed by atoms with E-state index in [0.29, 0.717) is 43.8 Å². The van der Waals surface area contributed by atoms with Crippen LogP contribution in [0.1, 0.15) is 45.2 Å². The Morgan fingerprint density at radius 1 is 1.06 bits per heavy atom. The number of piperidine rings is 1. The molecule has 1 aromatic heterocycles. The van der Waals surface area contributed by atoms with Gasteiger partial charge in [0.2, 0.25) is 0 Å². The molecule has 164 valence electrons. The van der Waals surface area contributed by atoms with Crippen molar-refractivity contribution in [2.75, 3.05) is 13.1 Å². The molecule has 1 aliphatic rings. The van der Waals surface area contributed by atoms with Crippen LogP contribution in [0.2, 0.25) is 0 Å². The molecule has 0 radical (unpaired) electrons. The number of hydrogen-bond acceptors (Lipinski definition) is 4. The van der Waals surface area contributed by atoms with E-state index in [0.717, 1.165) is 11.1 Å². The number of rotatable bonds is 4. The van der Waals surface area contributed by atoms with Crippen molar-refractivity contribution >= 4 is 17.1 Å². The number of aromatic nitrogens is 2. The summed E-state index contributed by atoms with van der Waals surface area (Å²) in [5.74, 6) is 0.656. The predicted molar refractivity (Wildman–Crippen MR) is 119 cm³/mol. The first-order chi connectivity index (χ1) is 14.8. The predicted octanol–water partition coefficient (Wildman–Crippen LogP) is 4.48. The second-order valence-electron chi connectivity index (χ2n) is 8.92. The summed E-state index contributed by atoms with van der Waals surface area (Å²) in [5.41, 5.74) is 1.93. The van der Waals surface area contributed by atoms with Crippen LogP contribution in [0.4, 0.5) is 4.79 Å². The molecule has 1 N–H and O–H groups in total. The first-order valence-corrected chi connectivity index (χ1v) is 10.7. The molecule has 1 amide bonds. The van der Waals surface area contributed by atoms with Gasteiger partial charge in [0.05, 0.1) is 5.52 Å². The van der Waals surface area contributed by atoms with Crippen LogP contribution in [0, 0.1) is 0 Å². The molecular formula is C24H29N3O4. The zero-order valence-electron chi connectivity index (χ0n) is 18.3. The second kappa shape index (κ2) is 8.49. The quantitative estimate of drug-likeness (QED) is 0.671. The Morgan fingerprint density at radius 3 is 2.45 bits per heavy atom. The molecule has 0 unspecified atom stereocenters. The van der Waals surface area contributed by atoms with Gasteiger partial charge in [-0.2, -0.15) is 0 Å².